The van der Waals surface area contributed by atoms with Crippen LogP contribution in [0, 0.1) is 16.7 Å². The largest absolute Gasteiger partial charge is 0.294 e. The van der Waals surface area contributed by atoms with Crippen LogP contribution < -0.4 is 4.90 Å². The van der Waals surface area contributed by atoms with Crippen LogP contribution in [0.25, 0.3) is 0 Å². The van der Waals surface area contributed by atoms with E-state index in [0.29, 0.717) is 45.3 Å². The van der Waals surface area contributed by atoms with Gasteiger partial charge in [0.1, 0.15) is 0 Å². The molecule has 0 aromatic heterocycles. The smallest absolute Gasteiger partial charge is 0.232 e. The van der Waals surface area contributed by atoms with E-state index in [2.05, 4.69) is 6.07 Å². The SMILES string of the molecule is CC1(C)CC(=O)C2=C(C1)N(c1ccc(C#N)cc1)C(=O)CC2c1cccc(Cl)c1Cl. The number of ketones is 1. The quantitative estimate of drug-likeness (QED) is 0.574. The van der Waals surface area contributed by atoms with Crippen molar-refractivity contribution in [3.63, 3.8) is 0 Å². The third-order valence-electron chi connectivity index (χ3n) is 5.75. The van der Waals surface area contributed by atoms with Gasteiger partial charge in [-0.25, -0.2) is 0 Å². The summed E-state index contributed by atoms with van der Waals surface area (Å²) in [4.78, 5) is 28.3. The fourth-order valence-corrected chi connectivity index (χ4v) is 4.89. The molecule has 30 heavy (non-hydrogen) atoms. The Morgan fingerprint density at radius 2 is 1.77 bits per heavy atom. The van der Waals surface area contributed by atoms with Gasteiger partial charge in [-0.3, -0.25) is 14.5 Å². The van der Waals surface area contributed by atoms with Gasteiger partial charge in [0.2, 0.25) is 5.91 Å². The molecule has 1 amide bonds. The van der Waals surface area contributed by atoms with Crippen LogP contribution in [-0.4, -0.2) is 11.7 Å². The van der Waals surface area contributed by atoms with Crippen molar-refractivity contribution in [1.29, 1.82) is 5.26 Å². The van der Waals surface area contributed by atoms with Crippen molar-refractivity contribution < 1.29 is 9.59 Å². The molecule has 2 aromatic carbocycles. The minimum absolute atomic E-state index is 0.0356. The molecule has 2 aliphatic rings. The molecule has 0 saturated heterocycles. The Hall–Kier alpha value is -2.61. The summed E-state index contributed by atoms with van der Waals surface area (Å²) >= 11 is 12.7. The van der Waals surface area contributed by atoms with E-state index in [9.17, 15) is 9.59 Å². The van der Waals surface area contributed by atoms with Gasteiger partial charge in [-0.1, -0.05) is 49.2 Å². The molecule has 0 N–H and O–H groups in total. The second-order valence-corrected chi connectivity index (χ2v) is 9.37. The van der Waals surface area contributed by atoms with Gasteiger partial charge < -0.3 is 0 Å². The van der Waals surface area contributed by atoms with Gasteiger partial charge in [0.05, 0.1) is 21.7 Å². The number of carbonyl (C=O) groups is 2. The fraction of sp³-hybridized carbons (Fsp3) is 0.292. The third-order valence-corrected chi connectivity index (χ3v) is 6.59. The number of halogens is 2. The standard InChI is InChI=1S/C24H20Cl2N2O2/c1-24(2)11-19-22(20(29)12-24)17(16-4-3-5-18(25)23(16)26)10-21(30)28(19)15-8-6-14(13-27)7-9-15/h3-9,17H,10-12H2,1-2H3. The summed E-state index contributed by atoms with van der Waals surface area (Å²) in [7, 11) is 0. The average molecular weight is 439 g/mol. The number of nitriles is 1. The summed E-state index contributed by atoms with van der Waals surface area (Å²) in [5.74, 6) is -0.490. The lowest BCUT2D eigenvalue weighted by Gasteiger charge is -2.43. The van der Waals surface area contributed by atoms with Gasteiger partial charge in [0.15, 0.2) is 5.78 Å². The summed E-state index contributed by atoms with van der Waals surface area (Å²) in [5, 5.41) is 9.87. The Labute approximate surface area is 185 Å². The first-order valence-electron chi connectivity index (χ1n) is 9.75. The number of hydrogen-bond acceptors (Lipinski definition) is 3. The third kappa shape index (κ3) is 3.53. The van der Waals surface area contributed by atoms with Crippen molar-refractivity contribution >= 4 is 40.6 Å². The van der Waals surface area contributed by atoms with Crippen molar-refractivity contribution in [2.24, 2.45) is 5.41 Å². The molecule has 1 heterocycles. The normalized spacial score (nSPS) is 20.8. The van der Waals surface area contributed by atoms with Crippen molar-refractivity contribution in [3.8, 4) is 6.07 Å². The molecule has 2 aromatic rings. The Bertz CT molecular complexity index is 1130. The molecule has 0 bridgehead atoms. The summed E-state index contributed by atoms with van der Waals surface area (Å²) in [6.07, 6.45) is 1.13. The minimum atomic E-state index is -0.420. The molecule has 0 spiro atoms. The molecule has 1 aliphatic carbocycles. The fourth-order valence-electron chi connectivity index (χ4n) is 4.46. The van der Waals surface area contributed by atoms with E-state index < -0.39 is 5.92 Å². The minimum Gasteiger partial charge on any atom is -0.294 e. The second kappa shape index (κ2) is 7.58. The van der Waals surface area contributed by atoms with Crippen molar-refractivity contribution in [2.75, 3.05) is 4.90 Å². The van der Waals surface area contributed by atoms with E-state index in [1.54, 1.807) is 41.3 Å². The predicted molar refractivity (Wildman–Crippen MR) is 118 cm³/mol. The Morgan fingerprint density at radius 1 is 1.07 bits per heavy atom. The van der Waals surface area contributed by atoms with Gasteiger partial charge in [-0.05, 0) is 47.7 Å². The van der Waals surface area contributed by atoms with Gasteiger partial charge in [-0.15, -0.1) is 0 Å². The number of hydrogen-bond donors (Lipinski definition) is 0. The first-order chi connectivity index (χ1) is 14.2. The zero-order valence-electron chi connectivity index (χ0n) is 16.7. The highest BCUT2D eigenvalue weighted by molar-refractivity contribution is 6.42. The first-order valence-corrected chi connectivity index (χ1v) is 10.5. The van der Waals surface area contributed by atoms with E-state index in [4.69, 9.17) is 28.5 Å². The monoisotopic (exact) mass is 438 g/mol. The van der Waals surface area contributed by atoms with E-state index in [1.165, 1.54) is 0 Å². The molecule has 1 aliphatic heterocycles. The maximum absolute atomic E-state index is 13.3. The maximum Gasteiger partial charge on any atom is 0.232 e. The number of anilines is 1. The molecule has 1 unspecified atom stereocenters. The van der Waals surface area contributed by atoms with Crippen LogP contribution in [-0.2, 0) is 9.59 Å². The molecule has 6 heteroatoms. The summed E-state index contributed by atoms with van der Waals surface area (Å²) in [6.45, 7) is 4.07. The predicted octanol–water partition coefficient (Wildman–Crippen LogP) is 6.03. The lowest BCUT2D eigenvalue weighted by atomic mass is 9.69. The lowest BCUT2D eigenvalue weighted by molar-refractivity contribution is -0.121. The highest BCUT2D eigenvalue weighted by Crippen LogP contribution is 2.49. The highest BCUT2D eigenvalue weighted by Gasteiger charge is 2.44. The number of nitrogens with zero attached hydrogens (tertiary/aromatic N) is 2. The zero-order valence-corrected chi connectivity index (χ0v) is 18.2. The number of carbonyl (C=O) groups excluding carboxylic acids is 2. The van der Waals surface area contributed by atoms with Crippen LogP contribution in [0.3, 0.4) is 0 Å². The van der Waals surface area contributed by atoms with Crippen molar-refractivity contribution in [2.45, 2.75) is 39.0 Å². The number of benzene rings is 2. The topological polar surface area (TPSA) is 61.2 Å². The van der Waals surface area contributed by atoms with Gasteiger partial charge in [-0.2, -0.15) is 5.26 Å². The van der Waals surface area contributed by atoms with E-state index in [-0.39, 0.29) is 23.5 Å². The van der Waals surface area contributed by atoms with Crippen molar-refractivity contribution in [3.05, 3.63) is 74.9 Å². The van der Waals surface area contributed by atoms with Crippen LogP contribution in [0.2, 0.25) is 10.0 Å². The molecule has 4 nitrogen and oxygen atoms in total. The molecule has 4 rings (SSSR count). The molecule has 0 fully saturated rings. The Morgan fingerprint density at radius 3 is 2.43 bits per heavy atom. The highest BCUT2D eigenvalue weighted by atomic mass is 35.5. The summed E-state index contributed by atoms with van der Waals surface area (Å²) in [6, 6.07) is 14.3. The number of amides is 1. The van der Waals surface area contributed by atoms with Gasteiger partial charge >= 0.3 is 0 Å². The van der Waals surface area contributed by atoms with E-state index in [0.717, 1.165) is 5.70 Å². The average Bonchev–Trinajstić information content (AvgIpc) is 2.68. The van der Waals surface area contributed by atoms with E-state index >= 15 is 0 Å². The van der Waals surface area contributed by atoms with Crippen LogP contribution in [0.5, 0.6) is 0 Å². The van der Waals surface area contributed by atoms with Crippen LogP contribution >= 0.6 is 23.2 Å². The molecular weight excluding hydrogens is 419 g/mol. The van der Waals surface area contributed by atoms with Crippen LogP contribution in [0.15, 0.2) is 53.7 Å². The Balaban J connectivity index is 1.91. The molecule has 152 valence electrons. The second-order valence-electron chi connectivity index (χ2n) is 8.59. The lowest BCUT2D eigenvalue weighted by Crippen LogP contribution is -2.43. The molecule has 1 atom stereocenters. The van der Waals surface area contributed by atoms with Crippen LogP contribution in [0.4, 0.5) is 5.69 Å². The molecule has 0 radical (unpaired) electrons. The van der Waals surface area contributed by atoms with Gasteiger partial charge in [0, 0.05) is 35.7 Å². The van der Waals surface area contributed by atoms with Crippen molar-refractivity contribution in [1.82, 2.24) is 0 Å². The number of Topliss-reactive ketones (excluding diaryl/α,β-unsaturated/α-hetero) is 1. The number of rotatable bonds is 2. The summed E-state index contributed by atoms with van der Waals surface area (Å²) in [5.41, 5.74) is 2.98. The summed E-state index contributed by atoms with van der Waals surface area (Å²) < 4.78 is 0. The maximum atomic E-state index is 13.3. The number of allylic oxidation sites excluding steroid dienone is 2. The van der Waals surface area contributed by atoms with E-state index in [1.807, 2.05) is 19.9 Å². The first kappa shape index (κ1) is 20.7. The molecular formula is C24H20Cl2N2O2. The van der Waals surface area contributed by atoms with Gasteiger partial charge in [0.25, 0.3) is 0 Å². The Kier molecular flexibility index (Phi) is 5.22. The zero-order chi connectivity index (χ0) is 21.6. The van der Waals surface area contributed by atoms with Crippen LogP contribution in [0.1, 0.15) is 50.2 Å². The molecule has 0 saturated carbocycles.